The normalized spacial score (nSPS) is 30.0. The third-order valence-electron chi connectivity index (χ3n) is 5.20. The van der Waals surface area contributed by atoms with E-state index in [1.54, 1.807) is 0 Å². The number of aliphatic hydroxyl groups is 1. The van der Waals surface area contributed by atoms with Gasteiger partial charge in [0.25, 0.3) is 0 Å². The van der Waals surface area contributed by atoms with Crippen LogP contribution in [0.4, 0.5) is 0 Å². The Morgan fingerprint density at radius 2 is 2.05 bits per heavy atom. The van der Waals surface area contributed by atoms with Crippen molar-refractivity contribution in [2.45, 2.75) is 45.6 Å². The van der Waals surface area contributed by atoms with Gasteiger partial charge >= 0.3 is 0 Å². The SMILES string of the molecule is CC1CCC(C(C)C)C(O)(c2cccc3cnccc23)C1. The highest BCUT2D eigenvalue weighted by atomic mass is 16.3. The van der Waals surface area contributed by atoms with E-state index in [-0.39, 0.29) is 0 Å². The van der Waals surface area contributed by atoms with Crippen LogP contribution in [-0.2, 0) is 5.60 Å². The molecule has 0 radical (unpaired) electrons. The summed E-state index contributed by atoms with van der Waals surface area (Å²) >= 11 is 0. The molecule has 1 aliphatic carbocycles. The summed E-state index contributed by atoms with van der Waals surface area (Å²) < 4.78 is 0. The molecule has 0 spiro atoms. The molecule has 21 heavy (non-hydrogen) atoms. The lowest BCUT2D eigenvalue weighted by Crippen LogP contribution is -2.43. The number of aromatic nitrogens is 1. The predicted molar refractivity (Wildman–Crippen MR) is 87.0 cm³/mol. The van der Waals surface area contributed by atoms with Gasteiger partial charge in [-0.3, -0.25) is 4.98 Å². The first-order chi connectivity index (χ1) is 10.0. The van der Waals surface area contributed by atoms with Gasteiger partial charge in [0, 0.05) is 17.8 Å². The summed E-state index contributed by atoms with van der Waals surface area (Å²) in [5.41, 5.74) is 0.375. The molecule has 3 atom stereocenters. The zero-order valence-electron chi connectivity index (χ0n) is 13.2. The van der Waals surface area contributed by atoms with Crippen molar-refractivity contribution in [3.63, 3.8) is 0 Å². The van der Waals surface area contributed by atoms with Gasteiger partial charge in [0.1, 0.15) is 0 Å². The molecule has 0 bridgehead atoms. The van der Waals surface area contributed by atoms with E-state index < -0.39 is 5.60 Å². The van der Waals surface area contributed by atoms with Gasteiger partial charge < -0.3 is 5.11 Å². The monoisotopic (exact) mass is 283 g/mol. The number of rotatable bonds is 2. The summed E-state index contributed by atoms with van der Waals surface area (Å²) in [6, 6.07) is 8.27. The molecule has 0 saturated heterocycles. The van der Waals surface area contributed by atoms with E-state index in [1.807, 2.05) is 24.5 Å². The van der Waals surface area contributed by atoms with Crippen molar-refractivity contribution in [2.24, 2.45) is 17.8 Å². The number of benzene rings is 1. The first-order valence-corrected chi connectivity index (χ1v) is 8.08. The van der Waals surface area contributed by atoms with Crippen molar-refractivity contribution in [3.8, 4) is 0 Å². The fourth-order valence-corrected chi connectivity index (χ4v) is 4.18. The van der Waals surface area contributed by atoms with Gasteiger partial charge in [-0.2, -0.15) is 0 Å². The average molecular weight is 283 g/mol. The minimum absolute atomic E-state index is 0.326. The Labute approximate surface area is 127 Å². The van der Waals surface area contributed by atoms with Crippen LogP contribution in [0.1, 0.15) is 45.6 Å². The minimum atomic E-state index is -0.716. The Bertz CT molecular complexity index is 631. The van der Waals surface area contributed by atoms with Crippen LogP contribution >= 0.6 is 0 Å². The van der Waals surface area contributed by atoms with Crippen LogP contribution in [0.25, 0.3) is 10.8 Å². The maximum Gasteiger partial charge on any atom is 0.0935 e. The van der Waals surface area contributed by atoms with Crippen molar-refractivity contribution in [3.05, 3.63) is 42.2 Å². The quantitative estimate of drug-likeness (QED) is 0.879. The smallest absolute Gasteiger partial charge is 0.0935 e. The summed E-state index contributed by atoms with van der Waals surface area (Å²) in [6.07, 6.45) is 6.90. The maximum absolute atomic E-state index is 11.6. The van der Waals surface area contributed by atoms with Crippen molar-refractivity contribution < 1.29 is 5.11 Å². The molecule has 1 saturated carbocycles. The third kappa shape index (κ3) is 2.46. The van der Waals surface area contributed by atoms with Crippen LogP contribution in [0.3, 0.4) is 0 Å². The van der Waals surface area contributed by atoms with E-state index in [0.29, 0.717) is 17.8 Å². The highest BCUT2D eigenvalue weighted by molar-refractivity contribution is 5.85. The van der Waals surface area contributed by atoms with Gasteiger partial charge in [0.05, 0.1) is 5.60 Å². The molecule has 1 heterocycles. The Morgan fingerprint density at radius 1 is 1.24 bits per heavy atom. The van der Waals surface area contributed by atoms with Crippen LogP contribution in [0.15, 0.2) is 36.7 Å². The van der Waals surface area contributed by atoms with E-state index >= 15 is 0 Å². The Morgan fingerprint density at radius 3 is 2.81 bits per heavy atom. The summed E-state index contributed by atoms with van der Waals surface area (Å²) in [5, 5.41) is 13.9. The van der Waals surface area contributed by atoms with E-state index in [4.69, 9.17) is 0 Å². The number of pyridine rings is 1. The lowest BCUT2D eigenvalue weighted by molar-refractivity contribution is -0.0854. The number of nitrogens with zero attached hydrogens (tertiary/aromatic N) is 1. The first-order valence-electron chi connectivity index (χ1n) is 8.08. The lowest BCUT2D eigenvalue weighted by Gasteiger charge is -2.45. The molecular formula is C19H25NO. The average Bonchev–Trinajstić information content (AvgIpc) is 2.46. The van der Waals surface area contributed by atoms with Crippen LogP contribution in [0.5, 0.6) is 0 Å². The van der Waals surface area contributed by atoms with Gasteiger partial charge in [0.15, 0.2) is 0 Å². The molecule has 2 heteroatoms. The van der Waals surface area contributed by atoms with Gasteiger partial charge in [-0.15, -0.1) is 0 Å². The van der Waals surface area contributed by atoms with Gasteiger partial charge in [-0.25, -0.2) is 0 Å². The van der Waals surface area contributed by atoms with Crippen LogP contribution in [0, 0.1) is 17.8 Å². The first kappa shape index (κ1) is 14.5. The Balaban J connectivity index is 2.17. The molecular weight excluding hydrogens is 258 g/mol. The topological polar surface area (TPSA) is 33.1 Å². The Hall–Kier alpha value is -1.41. The third-order valence-corrected chi connectivity index (χ3v) is 5.20. The summed E-state index contributed by atoms with van der Waals surface area (Å²) in [4.78, 5) is 4.21. The molecule has 2 nitrogen and oxygen atoms in total. The molecule has 0 aliphatic heterocycles. The zero-order valence-corrected chi connectivity index (χ0v) is 13.2. The molecule has 1 fully saturated rings. The molecule has 2 aromatic rings. The van der Waals surface area contributed by atoms with Gasteiger partial charge in [-0.1, -0.05) is 45.4 Å². The van der Waals surface area contributed by atoms with Crippen LogP contribution in [-0.4, -0.2) is 10.1 Å². The number of fused-ring (bicyclic) bond motifs is 1. The molecule has 1 aliphatic rings. The molecule has 1 N–H and O–H groups in total. The van der Waals surface area contributed by atoms with E-state index in [9.17, 15) is 5.11 Å². The van der Waals surface area contributed by atoms with Crippen LogP contribution < -0.4 is 0 Å². The molecule has 1 aromatic heterocycles. The largest absolute Gasteiger partial charge is 0.385 e. The second-order valence-corrected chi connectivity index (χ2v) is 7.06. The Kier molecular flexibility index (Phi) is 3.75. The minimum Gasteiger partial charge on any atom is -0.385 e. The number of hydrogen-bond donors (Lipinski definition) is 1. The zero-order chi connectivity index (χ0) is 15.0. The lowest BCUT2D eigenvalue weighted by atomic mass is 9.64. The van der Waals surface area contributed by atoms with Crippen molar-refractivity contribution >= 4 is 10.8 Å². The molecule has 0 amide bonds. The fourth-order valence-electron chi connectivity index (χ4n) is 4.18. The van der Waals surface area contributed by atoms with Crippen molar-refractivity contribution in [1.29, 1.82) is 0 Å². The highest BCUT2D eigenvalue weighted by Gasteiger charge is 2.44. The second kappa shape index (κ2) is 5.42. The van der Waals surface area contributed by atoms with Crippen LogP contribution in [0.2, 0.25) is 0 Å². The summed E-state index contributed by atoms with van der Waals surface area (Å²) in [7, 11) is 0. The molecule has 1 aromatic carbocycles. The predicted octanol–water partition coefficient (Wildman–Crippen LogP) is 4.51. The van der Waals surface area contributed by atoms with E-state index in [1.165, 1.54) is 6.42 Å². The van der Waals surface area contributed by atoms with Gasteiger partial charge in [0.2, 0.25) is 0 Å². The van der Waals surface area contributed by atoms with Gasteiger partial charge in [-0.05, 0) is 47.6 Å². The van der Waals surface area contributed by atoms with Crippen molar-refractivity contribution in [2.75, 3.05) is 0 Å². The summed E-state index contributed by atoms with van der Waals surface area (Å²) in [5.74, 6) is 1.38. The summed E-state index contributed by atoms with van der Waals surface area (Å²) in [6.45, 7) is 6.73. The molecule has 3 rings (SSSR count). The number of hydrogen-bond acceptors (Lipinski definition) is 2. The fraction of sp³-hybridized carbons (Fsp3) is 0.526. The molecule has 112 valence electrons. The van der Waals surface area contributed by atoms with Crippen molar-refractivity contribution in [1.82, 2.24) is 4.98 Å². The highest BCUT2D eigenvalue weighted by Crippen LogP contribution is 2.48. The maximum atomic E-state index is 11.6. The van der Waals surface area contributed by atoms with E-state index in [2.05, 4.69) is 37.9 Å². The molecule has 3 unspecified atom stereocenters. The second-order valence-electron chi connectivity index (χ2n) is 7.06. The van der Waals surface area contributed by atoms with E-state index in [0.717, 1.165) is 29.2 Å². The standard InChI is InChI=1S/C19H25NO/c1-13(2)17-8-7-14(3)11-19(17,21)18-6-4-5-15-12-20-10-9-16(15)18/h4-6,9-10,12-14,17,21H,7-8,11H2,1-3H3.